The van der Waals surface area contributed by atoms with Gasteiger partial charge in [0, 0.05) is 57.3 Å². The van der Waals surface area contributed by atoms with E-state index in [2.05, 4.69) is 285 Å². The van der Waals surface area contributed by atoms with Gasteiger partial charge in [0.1, 0.15) is 0 Å². The number of carbonyl (C=O) groups is 1. The van der Waals surface area contributed by atoms with Gasteiger partial charge in [-0.25, -0.2) is 4.99 Å². The van der Waals surface area contributed by atoms with Crippen molar-refractivity contribution in [1.82, 2.24) is 4.98 Å². The van der Waals surface area contributed by atoms with Crippen LogP contribution in [0.4, 0.5) is 0 Å². The summed E-state index contributed by atoms with van der Waals surface area (Å²) in [6, 6.07) is 71.2. The van der Waals surface area contributed by atoms with Crippen LogP contribution in [-0.4, -0.2) is 21.8 Å². The average molecular weight is 1080 g/mol. The summed E-state index contributed by atoms with van der Waals surface area (Å²) < 4.78 is 0. The fourth-order valence-corrected chi connectivity index (χ4v) is 12.2. The molecule has 0 saturated carbocycles. The van der Waals surface area contributed by atoms with Gasteiger partial charge in [0.15, 0.2) is 0 Å². The van der Waals surface area contributed by atoms with Gasteiger partial charge in [-0.2, -0.15) is 0 Å². The molecule has 0 unspecified atom stereocenters. The van der Waals surface area contributed by atoms with Crippen molar-refractivity contribution in [3.8, 4) is 35.5 Å². The summed E-state index contributed by atoms with van der Waals surface area (Å²) in [4.78, 5) is 20.1. The Hall–Kier alpha value is -11.0. The summed E-state index contributed by atoms with van der Waals surface area (Å²) in [7, 11) is 0. The van der Waals surface area contributed by atoms with Crippen molar-refractivity contribution in [2.75, 3.05) is 0 Å². The number of aromatic nitrogens is 1. The van der Waals surface area contributed by atoms with E-state index in [1.165, 1.54) is 75.4 Å². The zero-order valence-electron chi connectivity index (χ0n) is 46.6. The molecular formula is C80H54N2O2. The number of nitrogens with one attached hydrogen (secondary N) is 1. The number of aliphatic imine (C=N–C) groups is 1. The molecule has 0 amide bonds. The first-order valence-electron chi connectivity index (χ1n) is 28.6. The van der Waals surface area contributed by atoms with Crippen LogP contribution in [0.15, 0.2) is 229 Å². The van der Waals surface area contributed by atoms with Gasteiger partial charge in [0.05, 0.1) is 17.1 Å². The Kier molecular flexibility index (Phi) is 13.3. The molecule has 12 aromatic carbocycles. The Bertz CT molecular complexity index is 5140. The molecular weight excluding hydrogens is 1020 g/mol. The molecule has 0 fully saturated rings. The van der Waals surface area contributed by atoms with Crippen molar-refractivity contribution in [2.24, 2.45) is 4.99 Å². The number of H-pyrrole nitrogens is 1. The van der Waals surface area contributed by atoms with Crippen LogP contribution < -0.4 is 0 Å². The van der Waals surface area contributed by atoms with Crippen molar-refractivity contribution in [1.29, 1.82) is 0 Å². The van der Waals surface area contributed by atoms with Gasteiger partial charge >= 0.3 is 5.97 Å². The number of fused-ring (bicyclic) bond motifs is 2. The van der Waals surface area contributed by atoms with Gasteiger partial charge in [-0.05, 0) is 197 Å². The summed E-state index contributed by atoms with van der Waals surface area (Å²) in [5.74, 6) is 19.8. The van der Waals surface area contributed by atoms with E-state index in [4.69, 9.17) is 10.1 Å². The molecule has 84 heavy (non-hydrogen) atoms. The molecule has 0 aliphatic carbocycles. The predicted molar refractivity (Wildman–Crippen MR) is 353 cm³/mol. The summed E-state index contributed by atoms with van der Waals surface area (Å²) in [5.41, 5.74) is 14.9. The predicted octanol–water partition coefficient (Wildman–Crippen LogP) is 19.1. The number of rotatable bonds is 10. The second-order valence-corrected chi connectivity index (χ2v) is 21.8. The van der Waals surface area contributed by atoms with Gasteiger partial charge < -0.3 is 10.1 Å². The number of nitrogens with zero attached hydrogens (tertiary/aromatic N) is 1. The first-order valence-corrected chi connectivity index (χ1v) is 28.6. The highest BCUT2D eigenvalue weighted by Crippen LogP contribution is 2.42. The third-order valence-electron chi connectivity index (χ3n) is 16.3. The zero-order valence-corrected chi connectivity index (χ0v) is 46.6. The molecule has 1 aliphatic rings. The number of carboxylic acids is 1. The summed E-state index contributed by atoms with van der Waals surface area (Å²) >= 11 is 0. The fraction of sp³-hybridized carbons (Fsp3) is 0.0750. The van der Waals surface area contributed by atoms with E-state index in [-0.39, 0.29) is 6.42 Å². The standard InChI is InChI=1S/C80H54N2O2/c1-51-49-66(46-33-56-25-21-54(22-26-56)29-35-58-39-40-64-43-41-60-12-7-13-61-45-48-68(58)75(64)73(60)61)81-79(51)78(65-37-30-53(31-38-65)11-5-3-4-6-20-72(83)84)80-52(2)50-67(82-80)47-34-57-27-23-55(24-28-57)32-36-63-44-42-62-16-9-18-70-69-17-8-14-59-15-10-19-71(74(59)69)77(63)76(62)70/h7-10,12-19,21-28,30-31,33-34,37-50,81H,3-4,6,20H2,1-2H3,(H,83,84)/b46-33+,47-34+,80-78+. The van der Waals surface area contributed by atoms with Crippen LogP contribution in [0.3, 0.4) is 0 Å². The Morgan fingerprint density at radius 2 is 1.02 bits per heavy atom. The first-order chi connectivity index (χ1) is 41.3. The molecule has 0 bridgehead atoms. The molecule has 4 heteroatoms. The quantitative estimate of drug-likeness (QED) is 0.0620. The maximum absolute atomic E-state index is 11.0. The van der Waals surface area contributed by atoms with Crippen molar-refractivity contribution in [2.45, 2.75) is 39.5 Å². The molecule has 13 aromatic rings. The van der Waals surface area contributed by atoms with Gasteiger partial charge in [-0.3, -0.25) is 4.79 Å². The van der Waals surface area contributed by atoms with Crippen molar-refractivity contribution < 1.29 is 9.90 Å². The van der Waals surface area contributed by atoms with Crippen molar-refractivity contribution in [3.63, 3.8) is 0 Å². The maximum Gasteiger partial charge on any atom is 0.303 e. The van der Waals surface area contributed by atoms with Gasteiger partial charge in [-0.15, -0.1) is 0 Å². The fourth-order valence-electron chi connectivity index (χ4n) is 12.2. The Balaban J connectivity index is 0.728. The molecule has 4 nitrogen and oxygen atoms in total. The van der Waals surface area contributed by atoms with E-state index in [1.807, 2.05) is 0 Å². The number of hydrogen-bond donors (Lipinski definition) is 2. The molecule has 2 heterocycles. The Morgan fingerprint density at radius 3 is 1.71 bits per heavy atom. The third kappa shape index (κ3) is 9.86. The number of aryl methyl sites for hydroxylation is 1. The number of aromatic amines is 1. The van der Waals surface area contributed by atoms with Gasteiger partial charge in [0.2, 0.25) is 0 Å². The summed E-state index contributed by atoms with van der Waals surface area (Å²) in [5, 5.41) is 26.5. The molecule has 14 rings (SSSR count). The lowest BCUT2D eigenvalue weighted by molar-refractivity contribution is -0.137. The molecule has 0 radical (unpaired) electrons. The number of allylic oxidation sites excluding steroid dienone is 3. The van der Waals surface area contributed by atoms with Gasteiger partial charge in [-0.1, -0.05) is 193 Å². The van der Waals surface area contributed by atoms with Crippen molar-refractivity contribution in [3.05, 3.63) is 285 Å². The molecule has 0 saturated heterocycles. The number of hydrogen-bond acceptors (Lipinski definition) is 2. The number of unbranched alkanes of at least 4 members (excludes halogenated alkanes) is 2. The zero-order chi connectivity index (χ0) is 56.7. The number of carboxylic acid groups (broad SMARTS) is 1. The van der Waals surface area contributed by atoms with E-state index >= 15 is 0 Å². The van der Waals surface area contributed by atoms with E-state index in [9.17, 15) is 4.79 Å². The largest absolute Gasteiger partial charge is 0.481 e. The van der Waals surface area contributed by atoms with E-state index < -0.39 is 5.97 Å². The normalized spacial score (nSPS) is 13.1. The average Bonchev–Trinajstić information content (AvgIpc) is 2.71. The highest BCUT2D eigenvalue weighted by atomic mass is 16.4. The highest BCUT2D eigenvalue weighted by Gasteiger charge is 2.21. The second-order valence-electron chi connectivity index (χ2n) is 21.8. The molecule has 1 aromatic heterocycles. The molecule has 0 atom stereocenters. The van der Waals surface area contributed by atoms with Crippen LogP contribution in [0.25, 0.3) is 99.2 Å². The van der Waals surface area contributed by atoms with Crippen LogP contribution in [0.5, 0.6) is 0 Å². The summed E-state index contributed by atoms with van der Waals surface area (Å²) in [6.07, 6.45) is 12.8. The summed E-state index contributed by atoms with van der Waals surface area (Å²) in [6.45, 7) is 4.27. The second kappa shape index (κ2) is 21.8. The first kappa shape index (κ1) is 51.2. The number of benzene rings is 12. The Labute approximate surface area is 488 Å². The van der Waals surface area contributed by atoms with Crippen molar-refractivity contribution >= 4 is 111 Å². The van der Waals surface area contributed by atoms with Crippen LogP contribution >= 0.6 is 0 Å². The van der Waals surface area contributed by atoms with E-state index in [1.54, 1.807) is 0 Å². The van der Waals surface area contributed by atoms with Crippen LogP contribution in [0.2, 0.25) is 0 Å². The lowest BCUT2D eigenvalue weighted by Gasteiger charge is -2.15. The number of aliphatic carboxylic acids is 1. The third-order valence-corrected chi connectivity index (χ3v) is 16.3. The SMILES string of the molecule is CC1=CC(/C=C/c2ccc(C#Cc3ccc4cccc5c6cccc7cccc(c3c45)c76)cc2)=NC/1=C(\c1ccc(C#CCCCCC(=O)O)cc1)c1[nH]c(/C=C/c2ccc(C#Cc3ccc4ccc5cccc6ccc3c4c56)cc2)cc1C. The topological polar surface area (TPSA) is 65.4 Å². The van der Waals surface area contributed by atoms with Crippen LogP contribution in [0.1, 0.15) is 94.1 Å². The molecule has 1 aliphatic heterocycles. The van der Waals surface area contributed by atoms with E-state index in [0.29, 0.717) is 12.8 Å². The minimum Gasteiger partial charge on any atom is -0.481 e. The van der Waals surface area contributed by atoms with Crippen LogP contribution in [-0.2, 0) is 4.79 Å². The van der Waals surface area contributed by atoms with Crippen LogP contribution in [0, 0.1) is 42.4 Å². The lowest BCUT2D eigenvalue weighted by atomic mass is 9.88. The highest BCUT2D eigenvalue weighted by molar-refractivity contribution is 6.34. The minimum absolute atomic E-state index is 0.165. The molecule has 0 spiro atoms. The Morgan fingerprint density at radius 1 is 0.488 bits per heavy atom. The van der Waals surface area contributed by atoms with E-state index in [0.717, 1.165) is 90.4 Å². The smallest absolute Gasteiger partial charge is 0.303 e. The van der Waals surface area contributed by atoms with Gasteiger partial charge in [0.25, 0.3) is 0 Å². The lowest BCUT2D eigenvalue weighted by Crippen LogP contribution is -1.96. The monoisotopic (exact) mass is 1070 g/mol. The maximum atomic E-state index is 11.0. The molecule has 2 N–H and O–H groups in total. The minimum atomic E-state index is -0.772. The molecule has 396 valence electrons.